The molecule has 0 fully saturated rings. The van der Waals surface area contributed by atoms with E-state index >= 15 is 0 Å². The Balaban J connectivity index is 3.03. The molecular formula is C12H22N6O2. The summed E-state index contributed by atoms with van der Waals surface area (Å²) in [6, 6.07) is 0.250. The average Bonchev–Trinajstić information content (AvgIpc) is 2.46. The van der Waals surface area contributed by atoms with Gasteiger partial charge in [0.05, 0.1) is 13.2 Å². The highest BCUT2D eigenvalue weighted by Gasteiger charge is 2.15. The number of ether oxygens (including phenoxy) is 1. The first-order chi connectivity index (χ1) is 9.64. The molecule has 1 aromatic rings. The molecule has 8 nitrogen and oxygen atoms in total. The molecule has 1 rings (SSSR count). The second-order valence-electron chi connectivity index (χ2n) is 4.02. The largest absolute Gasteiger partial charge is 0.464 e. The number of hydrogen-bond donors (Lipinski definition) is 2. The van der Waals surface area contributed by atoms with Gasteiger partial charge in [0.15, 0.2) is 0 Å². The summed E-state index contributed by atoms with van der Waals surface area (Å²) in [5.41, 5.74) is 0. The minimum absolute atomic E-state index is 0.0946. The molecule has 1 aromatic heterocycles. The van der Waals surface area contributed by atoms with Crippen molar-refractivity contribution in [3.63, 3.8) is 0 Å². The molecule has 1 heterocycles. The van der Waals surface area contributed by atoms with Gasteiger partial charge in [0.1, 0.15) is 0 Å². The van der Waals surface area contributed by atoms with E-state index in [9.17, 15) is 4.79 Å². The molecule has 112 valence electrons. The fourth-order valence-corrected chi connectivity index (χ4v) is 1.56. The summed E-state index contributed by atoms with van der Waals surface area (Å²) in [5, 5.41) is 5.45. The van der Waals surface area contributed by atoms with Crippen LogP contribution in [0.4, 0.5) is 11.9 Å². The van der Waals surface area contributed by atoms with E-state index < -0.39 is 0 Å². The van der Waals surface area contributed by atoms with Crippen LogP contribution in [0.3, 0.4) is 0 Å². The van der Waals surface area contributed by atoms with Crippen LogP contribution in [0, 0.1) is 0 Å². The zero-order valence-electron chi connectivity index (χ0n) is 12.4. The van der Waals surface area contributed by atoms with Crippen LogP contribution in [0.5, 0.6) is 6.01 Å². The summed E-state index contributed by atoms with van der Waals surface area (Å²) >= 11 is 0. The molecule has 0 aromatic carbocycles. The van der Waals surface area contributed by atoms with Crippen LogP contribution in [0.15, 0.2) is 0 Å². The van der Waals surface area contributed by atoms with Crippen molar-refractivity contribution in [2.24, 2.45) is 0 Å². The Morgan fingerprint density at radius 3 is 2.55 bits per heavy atom. The van der Waals surface area contributed by atoms with Crippen molar-refractivity contribution in [3.05, 3.63) is 0 Å². The Morgan fingerprint density at radius 1 is 1.25 bits per heavy atom. The second kappa shape index (κ2) is 8.13. The molecule has 0 saturated carbocycles. The number of anilines is 2. The van der Waals surface area contributed by atoms with E-state index in [2.05, 4.69) is 25.6 Å². The molecule has 0 atom stereocenters. The van der Waals surface area contributed by atoms with Gasteiger partial charge in [-0.3, -0.25) is 4.79 Å². The molecule has 0 aliphatic heterocycles. The first kappa shape index (κ1) is 15.9. The van der Waals surface area contributed by atoms with Gasteiger partial charge >= 0.3 is 6.01 Å². The van der Waals surface area contributed by atoms with Crippen molar-refractivity contribution in [1.82, 2.24) is 20.3 Å². The van der Waals surface area contributed by atoms with Gasteiger partial charge in [-0.15, -0.1) is 0 Å². The molecule has 0 bridgehead atoms. The smallest absolute Gasteiger partial charge is 0.323 e. The summed E-state index contributed by atoms with van der Waals surface area (Å²) in [7, 11) is 3.32. The summed E-state index contributed by atoms with van der Waals surface area (Å²) in [6.07, 6.45) is 0.877. The molecule has 0 unspecified atom stereocenters. The van der Waals surface area contributed by atoms with Crippen molar-refractivity contribution >= 4 is 17.8 Å². The molecule has 2 N–H and O–H groups in total. The lowest BCUT2D eigenvalue weighted by molar-refractivity contribution is -0.119. The third-order valence-corrected chi connectivity index (χ3v) is 2.49. The third kappa shape index (κ3) is 4.52. The highest BCUT2D eigenvalue weighted by molar-refractivity contribution is 5.80. The van der Waals surface area contributed by atoms with Crippen LogP contribution < -0.4 is 20.3 Å². The fraction of sp³-hybridized carbons (Fsp3) is 0.667. The van der Waals surface area contributed by atoms with Crippen molar-refractivity contribution in [2.75, 3.05) is 44.0 Å². The summed E-state index contributed by atoms with van der Waals surface area (Å²) in [4.78, 5) is 26.0. The Labute approximate surface area is 119 Å². The Morgan fingerprint density at radius 2 is 2.00 bits per heavy atom. The van der Waals surface area contributed by atoms with Crippen molar-refractivity contribution in [3.8, 4) is 6.01 Å². The van der Waals surface area contributed by atoms with Gasteiger partial charge in [-0.05, 0) is 13.3 Å². The van der Waals surface area contributed by atoms with Crippen LogP contribution in [0.1, 0.15) is 20.3 Å². The minimum Gasteiger partial charge on any atom is -0.464 e. The first-order valence-electron chi connectivity index (χ1n) is 6.66. The normalized spacial score (nSPS) is 10.0. The van der Waals surface area contributed by atoms with E-state index in [4.69, 9.17) is 4.74 Å². The lowest BCUT2D eigenvalue weighted by atomic mass is 10.4. The predicted molar refractivity (Wildman–Crippen MR) is 77.1 cm³/mol. The predicted octanol–water partition coefficient (Wildman–Crippen LogP) is 0.274. The SMILES string of the molecule is CCCN(CC(=O)NC)c1nc(NC)nc(OCC)n1. The Hall–Kier alpha value is -2.12. The minimum atomic E-state index is -0.0946. The molecule has 0 aliphatic carbocycles. The number of aromatic nitrogens is 3. The average molecular weight is 282 g/mol. The number of carbonyl (C=O) groups is 1. The van der Waals surface area contributed by atoms with Crippen molar-refractivity contribution in [1.29, 1.82) is 0 Å². The van der Waals surface area contributed by atoms with E-state index in [0.29, 0.717) is 25.0 Å². The lowest BCUT2D eigenvalue weighted by Crippen LogP contribution is -2.37. The van der Waals surface area contributed by atoms with Gasteiger partial charge in [-0.25, -0.2) is 0 Å². The maximum Gasteiger partial charge on any atom is 0.323 e. The van der Waals surface area contributed by atoms with Gasteiger partial charge in [-0.1, -0.05) is 6.92 Å². The summed E-state index contributed by atoms with van der Waals surface area (Å²) in [6.45, 7) is 5.22. The summed E-state index contributed by atoms with van der Waals surface area (Å²) in [5.74, 6) is 0.748. The topological polar surface area (TPSA) is 92.3 Å². The van der Waals surface area contributed by atoms with Gasteiger partial charge in [0.25, 0.3) is 0 Å². The summed E-state index contributed by atoms with van der Waals surface area (Å²) < 4.78 is 5.32. The van der Waals surface area contributed by atoms with Crippen LogP contribution in [0.2, 0.25) is 0 Å². The van der Waals surface area contributed by atoms with Crippen LogP contribution in [-0.4, -0.2) is 54.7 Å². The fourth-order valence-electron chi connectivity index (χ4n) is 1.56. The third-order valence-electron chi connectivity index (χ3n) is 2.49. The van der Waals surface area contributed by atoms with Crippen LogP contribution in [0.25, 0.3) is 0 Å². The quantitative estimate of drug-likeness (QED) is 0.707. The van der Waals surface area contributed by atoms with E-state index in [0.717, 1.165) is 6.42 Å². The molecular weight excluding hydrogens is 260 g/mol. The standard InChI is InChI=1S/C12H22N6O2/c1-5-7-18(8-9(19)13-3)11-15-10(14-4)16-12(17-11)20-6-2/h5-8H2,1-4H3,(H,13,19)(H,14,15,16,17). The van der Waals surface area contributed by atoms with E-state index in [1.165, 1.54) is 0 Å². The van der Waals surface area contributed by atoms with Gasteiger partial charge in [0, 0.05) is 20.6 Å². The van der Waals surface area contributed by atoms with Gasteiger partial charge in [-0.2, -0.15) is 15.0 Å². The zero-order chi connectivity index (χ0) is 15.0. The number of likely N-dealkylation sites (N-methyl/N-ethyl adjacent to an activating group) is 1. The molecule has 0 radical (unpaired) electrons. The highest BCUT2D eigenvalue weighted by atomic mass is 16.5. The first-order valence-corrected chi connectivity index (χ1v) is 6.66. The number of nitrogens with one attached hydrogen (secondary N) is 2. The van der Waals surface area contributed by atoms with Crippen LogP contribution >= 0.6 is 0 Å². The Kier molecular flexibility index (Phi) is 6.48. The van der Waals surface area contributed by atoms with E-state index in [-0.39, 0.29) is 18.5 Å². The van der Waals surface area contributed by atoms with Crippen molar-refractivity contribution < 1.29 is 9.53 Å². The maximum atomic E-state index is 11.6. The molecule has 8 heteroatoms. The number of amides is 1. The van der Waals surface area contributed by atoms with Gasteiger partial charge in [0.2, 0.25) is 17.8 Å². The second-order valence-corrected chi connectivity index (χ2v) is 4.02. The molecule has 20 heavy (non-hydrogen) atoms. The molecule has 0 spiro atoms. The molecule has 0 saturated heterocycles. The number of carbonyl (C=O) groups excluding carboxylic acids is 1. The number of hydrogen-bond acceptors (Lipinski definition) is 7. The lowest BCUT2D eigenvalue weighted by Gasteiger charge is -2.21. The van der Waals surface area contributed by atoms with Crippen LogP contribution in [-0.2, 0) is 4.79 Å². The van der Waals surface area contributed by atoms with E-state index in [1.54, 1.807) is 19.0 Å². The monoisotopic (exact) mass is 282 g/mol. The zero-order valence-corrected chi connectivity index (χ0v) is 12.4. The number of nitrogens with zero attached hydrogens (tertiary/aromatic N) is 4. The van der Waals surface area contributed by atoms with Gasteiger partial charge < -0.3 is 20.3 Å². The highest BCUT2D eigenvalue weighted by Crippen LogP contribution is 2.15. The van der Waals surface area contributed by atoms with Crippen molar-refractivity contribution in [2.45, 2.75) is 20.3 Å². The number of rotatable bonds is 8. The Bertz CT molecular complexity index is 440. The maximum absolute atomic E-state index is 11.6. The van der Waals surface area contributed by atoms with E-state index in [1.807, 2.05) is 13.8 Å². The molecule has 1 amide bonds. The molecule has 0 aliphatic rings.